The lowest BCUT2D eigenvalue weighted by Crippen LogP contribution is -2.14. The molecule has 2 aromatic carbocycles. The van der Waals surface area contributed by atoms with Crippen molar-refractivity contribution in [2.45, 2.75) is 18.6 Å². The van der Waals surface area contributed by atoms with E-state index in [1.165, 1.54) is 29.2 Å². The van der Waals surface area contributed by atoms with Gasteiger partial charge in [0, 0.05) is 6.54 Å². The fourth-order valence-corrected chi connectivity index (χ4v) is 4.61. The minimum atomic E-state index is -0.360. The number of halogens is 1. The molecule has 0 radical (unpaired) electrons. The van der Waals surface area contributed by atoms with Gasteiger partial charge < -0.3 is 14.6 Å². The minimum absolute atomic E-state index is 0.134. The summed E-state index contributed by atoms with van der Waals surface area (Å²) < 4.78 is 22.1. The number of carbonyl (C=O) groups excluding carboxylic acids is 1. The molecular formula is C20H18FN5O2S2. The number of hydrogen-bond donors (Lipinski definition) is 1. The van der Waals surface area contributed by atoms with Crippen LogP contribution in [-0.4, -0.2) is 38.5 Å². The topological polar surface area (TPSA) is 81.9 Å². The molecule has 154 valence electrons. The fourth-order valence-electron chi connectivity index (χ4n) is 2.89. The normalized spacial score (nSPS) is 11.0. The molecule has 0 bridgehead atoms. The maximum absolute atomic E-state index is 14.1. The fraction of sp³-hybridized carbons (Fsp3) is 0.200. The molecule has 4 rings (SSSR count). The van der Waals surface area contributed by atoms with Gasteiger partial charge in [-0.1, -0.05) is 35.2 Å². The van der Waals surface area contributed by atoms with Gasteiger partial charge in [0.15, 0.2) is 16.1 Å². The van der Waals surface area contributed by atoms with Crippen LogP contribution in [-0.2, 0) is 11.3 Å². The molecule has 0 aliphatic carbocycles. The van der Waals surface area contributed by atoms with Crippen LogP contribution in [0, 0.1) is 5.82 Å². The van der Waals surface area contributed by atoms with Crippen LogP contribution in [0.4, 0.5) is 9.52 Å². The van der Waals surface area contributed by atoms with E-state index in [0.29, 0.717) is 28.2 Å². The number of fused-ring (bicyclic) bond motifs is 1. The maximum atomic E-state index is 14.1. The molecule has 0 saturated carbocycles. The van der Waals surface area contributed by atoms with Gasteiger partial charge in [-0.25, -0.2) is 9.37 Å². The van der Waals surface area contributed by atoms with Crippen molar-refractivity contribution in [3.05, 3.63) is 48.3 Å². The second-order valence-electron chi connectivity index (χ2n) is 6.22. The number of ether oxygens (including phenoxy) is 1. The molecule has 0 aliphatic rings. The molecule has 4 aromatic rings. The number of hydrogen-bond acceptors (Lipinski definition) is 7. The molecule has 2 heterocycles. The number of amides is 1. The third-order valence-corrected chi connectivity index (χ3v) is 6.22. The zero-order valence-corrected chi connectivity index (χ0v) is 17.9. The Hall–Kier alpha value is -2.98. The summed E-state index contributed by atoms with van der Waals surface area (Å²) in [4.78, 5) is 16.8. The van der Waals surface area contributed by atoms with Crippen molar-refractivity contribution in [1.29, 1.82) is 0 Å². The summed E-state index contributed by atoms with van der Waals surface area (Å²) in [6.07, 6.45) is 0. The molecule has 0 atom stereocenters. The lowest BCUT2D eigenvalue weighted by atomic mass is 10.2. The van der Waals surface area contributed by atoms with E-state index in [0.717, 1.165) is 16.0 Å². The van der Waals surface area contributed by atoms with Gasteiger partial charge in [0.2, 0.25) is 5.91 Å². The quantitative estimate of drug-likeness (QED) is 0.425. The van der Waals surface area contributed by atoms with E-state index in [9.17, 15) is 9.18 Å². The van der Waals surface area contributed by atoms with Crippen LogP contribution in [0.3, 0.4) is 0 Å². The molecule has 0 aliphatic heterocycles. The molecule has 30 heavy (non-hydrogen) atoms. The van der Waals surface area contributed by atoms with Gasteiger partial charge in [-0.05, 0) is 37.3 Å². The molecular weight excluding hydrogens is 425 g/mol. The Kier molecular flexibility index (Phi) is 5.96. The number of benzene rings is 2. The van der Waals surface area contributed by atoms with Crippen molar-refractivity contribution >= 4 is 44.4 Å². The van der Waals surface area contributed by atoms with Gasteiger partial charge in [0.25, 0.3) is 0 Å². The van der Waals surface area contributed by atoms with Gasteiger partial charge in [0.05, 0.1) is 28.6 Å². The maximum Gasteiger partial charge on any atom is 0.236 e. The van der Waals surface area contributed by atoms with Crippen LogP contribution < -0.4 is 10.1 Å². The first-order valence-corrected chi connectivity index (χ1v) is 10.9. The summed E-state index contributed by atoms with van der Waals surface area (Å²) in [5, 5.41) is 12.2. The van der Waals surface area contributed by atoms with E-state index in [-0.39, 0.29) is 17.5 Å². The number of rotatable bonds is 7. The zero-order valence-electron chi connectivity index (χ0n) is 16.3. The average Bonchev–Trinajstić information content (AvgIpc) is 3.34. The van der Waals surface area contributed by atoms with E-state index < -0.39 is 0 Å². The van der Waals surface area contributed by atoms with E-state index in [2.05, 4.69) is 20.5 Å². The van der Waals surface area contributed by atoms with Gasteiger partial charge in [-0.3, -0.25) is 4.79 Å². The summed E-state index contributed by atoms with van der Waals surface area (Å²) in [5.41, 5.74) is 1.18. The van der Waals surface area contributed by atoms with Crippen molar-refractivity contribution in [2.75, 3.05) is 18.2 Å². The molecule has 0 spiro atoms. The Morgan fingerprint density at radius 3 is 2.87 bits per heavy atom. The van der Waals surface area contributed by atoms with Crippen LogP contribution in [0.1, 0.15) is 6.92 Å². The lowest BCUT2D eigenvalue weighted by molar-refractivity contribution is -0.113. The summed E-state index contributed by atoms with van der Waals surface area (Å²) >= 11 is 2.63. The van der Waals surface area contributed by atoms with E-state index in [4.69, 9.17) is 4.74 Å². The number of carbonyl (C=O) groups is 1. The number of nitrogens with zero attached hydrogens (tertiary/aromatic N) is 4. The number of nitrogens with one attached hydrogen (secondary N) is 1. The molecule has 2 aromatic heterocycles. The first-order chi connectivity index (χ1) is 14.6. The molecule has 0 fully saturated rings. The number of thiazole rings is 1. The second-order valence-corrected chi connectivity index (χ2v) is 8.19. The minimum Gasteiger partial charge on any atom is -0.497 e. The molecule has 7 nitrogen and oxygen atoms in total. The number of anilines is 1. The van der Waals surface area contributed by atoms with Gasteiger partial charge in [-0.15, -0.1) is 10.2 Å². The average molecular weight is 444 g/mol. The first kappa shape index (κ1) is 20.3. The van der Waals surface area contributed by atoms with E-state index in [1.807, 2.05) is 25.1 Å². The van der Waals surface area contributed by atoms with Crippen molar-refractivity contribution < 1.29 is 13.9 Å². The Balaban J connectivity index is 1.45. The van der Waals surface area contributed by atoms with E-state index >= 15 is 0 Å². The predicted octanol–water partition coefficient (Wildman–Crippen LogP) is 4.45. The monoisotopic (exact) mass is 443 g/mol. The van der Waals surface area contributed by atoms with Crippen molar-refractivity contribution in [3.63, 3.8) is 0 Å². The third-order valence-electron chi connectivity index (χ3n) is 4.32. The Labute approximate surface area is 180 Å². The Morgan fingerprint density at radius 1 is 1.27 bits per heavy atom. The first-order valence-electron chi connectivity index (χ1n) is 9.14. The summed E-state index contributed by atoms with van der Waals surface area (Å²) in [6, 6.07) is 12.0. The zero-order chi connectivity index (χ0) is 21.1. The van der Waals surface area contributed by atoms with Crippen molar-refractivity contribution in [3.8, 4) is 17.1 Å². The highest BCUT2D eigenvalue weighted by molar-refractivity contribution is 7.99. The standard InChI is InChI=1S/C20H18FN5O2S2/c1-3-26-18(13-6-4-5-7-14(13)21)24-25-20(26)29-11-17(27)23-19-22-15-9-8-12(28-2)10-16(15)30-19/h4-10H,3,11H2,1-2H3,(H,22,23,27). The summed E-state index contributed by atoms with van der Waals surface area (Å²) in [5.74, 6) is 0.752. The second kappa shape index (κ2) is 8.80. The Bertz CT molecular complexity index is 1210. The number of aromatic nitrogens is 4. The van der Waals surface area contributed by atoms with Crippen LogP contribution in [0.15, 0.2) is 47.6 Å². The van der Waals surface area contributed by atoms with Gasteiger partial charge in [0.1, 0.15) is 11.6 Å². The van der Waals surface area contributed by atoms with Crippen LogP contribution in [0.5, 0.6) is 5.75 Å². The van der Waals surface area contributed by atoms with Gasteiger partial charge >= 0.3 is 0 Å². The highest BCUT2D eigenvalue weighted by Gasteiger charge is 2.17. The Morgan fingerprint density at radius 2 is 2.10 bits per heavy atom. The summed E-state index contributed by atoms with van der Waals surface area (Å²) in [6.45, 7) is 2.48. The van der Waals surface area contributed by atoms with E-state index in [1.54, 1.807) is 29.9 Å². The van der Waals surface area contributed by atoms with Crippen molar-refractivity contribution in [1.82, 2.24) is 19.7 Å². The highest BCUT2D eigenvalue weighted by atomic mass is 32.2. The van der Waals surface area contributed by atoms with Crippen LogP contribution >= 0.6 is 23.1 Å². The molecule has 1 N–H and O–H groups in total. The largest absolute Gasteiger partial charge is 0.497 e. The summed E-state index contributed by atoms with van der Waals surface area (Å²) in [7, 11) is 1.61. The van der Waals surface area contributed by atoms with Gasteiger partial charge in [-0.2, -0.15) is 0 Å². The SMILES string of the molecule is CCn1c(SCC(=O)Nc2nc3ccc(OC)cc3s2)nnc1-c1ccccc1F. The number of methoxy groups -OCH3 is 1. The van der Waals surface area contributed by atoms with Crippen LogP contribution in [0.25, 0.3) is 21.6 Å². The van der Waals surface area contributed by atoms with Crippen LogP contribution in [0.2, 0.25) is 0 Å². The molecule has 0 saturated heterocycles. The molecule has 0 unspecified atom stereocenters. The smallest absolute Gasteiger partial charge is 0.236 e. The lowest BCUT2D eigenvalue weighted by Gasteiger charge is -2.07. The molecule has 1 amide bonds. The van der Waals surface area contributed by atoms with Crippen molar-refractivity contribution in [2.24, 2.45) is 0 Å². The predicted molar refractivity (Wildman–Crippen MR) is 117 cm³/mol. The number of thioether (sulfide) groups is 1. The molecule has 10 heteroatoms. The third kappa shape index (κ3) is 4.14. The highest BCUT2D eigenvalue weighted by Crippen LogP contribution is 2.30.